The van der Waals surface area contributed by atoms with Crippen molar-refractivity contribution in [2.24, 2.45) is 5.92 Å². The summed E-state index contributed by atoms with van der Waals surface area (Å²) >= 11 is 7.98. The molecule has 0 radical (unpaired) electrons. The van der Waals surface area contributed by atoms with Gasteiger partial charge in [-0.25, -0.2) is 0 Å². The highest BCUT2D eigenvalue weighted by atomic mass is 35.5. The molecule has 0 N–H and O–H groups in total. The van der Waals surface area contributed by atoms with E-state index in [1.54, 1.807) is 11.3 Å². The Balaban J connectivity index is 2.32. The summed E-state index contributed by atoms with van der Waals surface area (Å²) in [4.78, 5) is 1.37. The Labute approximate surface area is 106 Å². The molecule has 0 bridgehead atoms. The van der Waals surface area contributed by atoms with E-state index >= 15 is 0 Å². The van der Waals surface area contributed by atoms with Gasteiger partial charge in [0.15, 0.2) is 0 Å². The van der Waals surface area contributed by atoms with Crippen LogP contribution in [-0.2, 0) is 6.42 Å². The fourth-order valence-corrected chi connectivity index (χ4v) is 3.31. The second-order valence-electron chi connectivity index (χ2n) is 4.36. The molecule has 0 spiro atoms. The maximum atomic E-state index is 6.28. The summed E-state index contributed by atoms with van der Waals surface area (Å²) in [6.07, 6.45) is 1.11. The maximum absolute atomic E-state index is 6.28. The molecule has 1 heterocycles. The third-order valence-electron chi connectivity index (χ3n) is 2.43. The van der Waals surface area contributed by atoms with Crippen LogP contribution in [0.4, 0.5) is 0 Å². The minimum absolute atomic E-state index is 0.679. The van der Waals surface area contributed by atoms with Crippen LogP contribution in [0.5, 0.6) is 0 Å². The summed E-state index contributed by atoms with van der Waals surface area (Å²) in [5.74, 6) is 0.679. The Morgan fingerprint density at radius 3 is 2.50 bits per heavy atom. The Morgan fingerprint density at radius 2 is 1.88 bits per heavy atom. The van der Waals surface area contributed by atoms with E-state index in [9.17, 15) is 0 Å². The van der Waals surface area contributed by atoms with Crippen molar-refractivity contribution in [1.29, 1.82) is 0 Å². The lowest BCUT2D eigenvalue weighted by Crippen LogP contribution is -1.89. The van der Waals surface area contributed by atoms with Crippen molar-refractivity contribution >= 4 is 22.9 Å². The summed E-state index contributed by atoms with van der Waals surface area (Å²) in [5.41, 5.74) is 2.38. The van der Waals surface area contributed by atoms with Gasteiger partial charge in [-0.15, -0.1) is 11.3 Å². The van der Waals surface area contributed by atoms with Crippen molar-refractivity contribution in [1.82, 2.24) is 0 Å². The Bertz CT molecular complexity index is 457. The van der Waals surface area contributed by atoms with Gasteiger partial charge in [-0.2, -0.15) is 0 Å². The van der Waals surface area contributed by atoms with Crippen LogP contribution >= 0.6 is 22.9 Å². The summed E-state index contributed by atoms with van der Waals surface area (Å²) < 4.78 is 0.904. The molecular formula is C14H15ClS. The number of rotatable bonds is 3. The van der Waals surface area contributed by atoms with Crippen molar-refractivity contribution in [3.05, 3.63) is 45.6 Å². The monoisotopic (exact) mass is 250 g/mol. The quantitative estimate of drug-likeness (QED) is 0.696. The Kier molecular flexibility index (Phi) is 3.67. The highest BCUT2D eigenvalue weighted by molar-refractivity contribution is 7.16. The molecule has 1 aromatic heterocycles. The first-order valence-electron chi connectivity index (χ1n) is 5.50. The minimum Gasteiger partial charge on any atom is -0.128 e. The number of hydrogen-bond donors (Lipinski definition) is 0. The molecule has 0 atom stereocenters. The summed E-state index contributed by atoms with van der Waals surface area (Å²) in [6, 6.07) is 12.6. The third-order valence-corrected chi connectivity index (χ3v) is 3.81. The first-order valence-corrected chi connectivity index (χ1v) is 6.70. The van der Waals surface area contributed by atoms with Gasteiger partial charge >= 0.3 is 0 Å². The molecular weight excluding hydrogens is 236 g/mol. The van der Waals surface area contributed by atoms with Crippen molar-refractivity contribution in [2.45, 2.75) is 20.3 Å². The zero-order valence-corrected chi connectivity index (χ0v) is 11.1. The molecule has 0 aliphatic rings. The number of benzene rings is 1. The molecule has 0 unspecified atom stereocenters. The molecule has 0 aliphatic carbocycles. The van der Waals surface area contributed by atoms with Gasteiger partial charge < -0.3 is 0 Å². The van der Waals surface area contributed by atoms with Crippen LogP contribution in [0.2, 0.25) is 4.34 Å². The first kappa shape index (κ1) is 11.7. The van der Waals surface area contributed by atoms with Gasteiger partial charge in [-0.3, -0.25) is 0 Å². The van der Waals surface area contributed by atoms with E-state index in [4.69, 9.17) is 11.6 Å². The van der Waals surface area contributed by atoms with Crippen LogP contribution < -0.4 is 0 Å². The lowest BCUT2D eigenvalue weighted by Gasteiger charge is -1.99. The average molecular weight is 251 g/mol. The van der Waals surface area contributed by atoms with E-state index in [1.165, 1.54) is 16.0 Å². The standard InChI is InChI=1S/C14H15ClS/c1-10(2)8-12-9-13(14(15)16-12)11-6-4-3-5-7-11/h3-7,9-10H,8H2,1-2H3. The Morgan fingerprint density at radius 1 is 1.19 bits per heavy atom. The fourth-order valence-electron chi connectivity index (χ4n) is 1.73. The largest absolute Gasteiger partial charge is 0.128 e. The van der Waals surface area contributed by atoms with Gasteiger partial charge in [0.25, 0.3) is 0 Å². The van der Waals surface area contributed by atoms with E-state index in [0.717, 1.165) is 10.8 Å². The van der Waals surface area contributed by atoms with E-state index in [0.29, 0.717) is 5.92 Å². The van der Waals surface area contributed by atoms with E-state index in [1.807, 2.05) is 18.2 Å². The molecule has 0 amide bonds. The smallest absolute Gasteiger partial charge is 0.101 e. The average Bonchev–Trinajstić information content (AvgIpc) is 2.60. The van der Waals surface area contributed by atoms with E-state index < -0.39 is 0 Å². The summed E-state index contributed by atoms with van der Waals surface area (Å²) in [5, 5.41) is 0. The highest BCUT2D eigenvalue weighted by Crippen LogP contribution is 2.36. The molecule has 84 valence electrons. The summed E-state index contributed by atoms with van der Waals surface area (Å²) in [6.45, 7) is 4.46. The second-order valence-corrected chi connectivity index (χ2v) is 6.10. The fraction of sp³-hybridized carbons (Fsp3) is 0.286. The van der Waals surface area contributed by atoms with Crippen LogP contribution in [0.25, 0.3) is 11.1 Å². The van der Waals surface area contributed by atoms with Crippen LogP contribution in [0.15, 0.2) is 36.4 Å². The zero-order valence-electron chi connectivity index (χ0n) is 9.53. The molecule has 0 nitrogen and oxygen atoms in total. The van der Waals surface area contributed by atoms with Crippen molar-refractivity contribution in [3.8, 4) is 11.1 Å². The van der Waals surface area contributed by atoms with Gasteiger partial charge in [0.1, 0.15) is 4.34 Å². The SMILES string of the molecule is CC(C)Cc1cc(-c2ccccc2)c(Cl)s1. The zero-order chi connectivity index (χ0) is 11.5. The second kappa shape index (κ2) is 5.03. The molecule has 2 aromatic rings. The van der Waals surface area contributed by atoms with Crippen LogP contribution in [0.3, 0.4) is 0 Å². The highest BCUT2D eigenvalue weighted by Gasteiger charge is 2.09. The molecule has 1 aromatic carbocycles. The van der Waals surface area contributed by atoms with Crippen molar-refractivity contribution in [2.75, 3.05) is 0 Å². The molecule has 2 heteroatoms. The lowest BCUT2D eigenvalue weighted by molar-refractivity contribution is 0.654. The molecule has 16 heavy (non-hydrogen) atoms. The predicted molar refractivity (Wildman–Crippen MR) is 73.3 cm³/mol. The topological polar surface area (TPSA) is 0 Å². The van der Waals surface area contributed by atoms with Gasteiger partial charge in [-0.05, 0) is 24.0 Å². The Hall–Kier alpha value is -0.790. The molecule has 0 saturated carbocycles. The number of thiophene rings is 1. The predicted octanol–water partition coefficient (Wildman–Crippen LogP) is 5.27. The van der Waals surface area contributed by atoms with E-state index in [2.05, 4.69) is 32.0 Å². The van der Waals surface area contributed by atoms with Crippen LogP contribution in [0.1, 0.15) is 18.7 Å². The lowest BCUT2D eigenvalue weighted by atomic mass is 10.1. The van der Waals surface area contributed by atoms with Crippen LogP contribution in [0, 0.1) is 5.92 Å². The van der Waals surface area contributed by atoms with Crippen molar-refractivity contribution in [3.63, 3.8) is 0 Å². The van der Waals surface area contributed by atoms with Gasteiger partial charge in [0.2, 0.25) is 0 Å². The van der Waals surface area contributed by atoms with E-state index in [-0.39, 0.29) is 0 Å². The minimum atomic E-state index is 0.679. The number of hydrogen-bond acceptors (Lipinski definition) is 1. The molecule has 0 fully saturated rings. The summed E-state index contributed by atoms with van der Waals surface area (Å²) in [7, 11) is 0. The third kappa shape index (κ3) is 2.66. The van der Waals surface area contributed by atoms with Gasteiger partial charge in [-0.1, -0.05) is 55.8 Å². The molecule has 0 saturated heterocycles. The first-order chi connectivity index (χ1) is 7.66. The van der Waals surface area contributed by atoms with Gasteiger partial charge in [0, 0.05) is 10.4 Å². The molecule has 2 rings (SSSR count). The van der Waals surface area contributed by atoms with Gasteiger partial charge in [0.05, 0.1) is 0 Å². The van der Waals surface area contributed by atoms with Crippen LogP contribution in [-0.4, -0.2) is 0 Å². The number of halogens is 1. The van der Waals surface area contributed by atoms with Crippen molar-refractivity contribution < 1.29 is 0 Å². The normalized spacial score (nSPS) is 11.0. The maximum Gasteiger partial charge on any atom is 0.101 e. The molecule has 0 aliphatic heterocycles.